The summed E-state index contributed by atoms with van der Waals surface area (Å²) in [6.07, 6.45) is 0.678. The molecular formula is C4H7NO5S. The van der Waals surface area contributed by atoms with Gasteiger partial charge in [0.1, 0.15) is 0 Å². The standard InChI is InChI=1S/C4H7NO5S/c1-3(4(6)7)2-5-11(8,9)10/h2,5H,1H3,(H,6,7)(H,8,9,10). The zero-order valence-corrected chi connectivity index (χ0v) is 6.42. The second kappa shape index (κ2) is 3.35. The Morgan fingerprint density at radius 2 is 2.00 bits per heavy atom. The summed E-state index contributed by atoms with van der Waals surface area (Å²) in [7, 11) is -4.34. The van der Waals surface area contributed by atoms with Gasteiger partial charge in [-0.25, -0.2) is 4.79 Å². The molecule has 0 aromatic carbocycles. The lowest BCUT2D eigenvalue weighted by Gasteiger charge is -1.94. The third kappa shape index (κ3) is 5.37. The smallest absolute Gasteiger partial charge is 0.357 e. The van der Waals surface area contributed by atoms with E-state index in [1.165, 1.54) is 11.6 Å². The Hall–Kier alpha value is -1.08. The van der Waals surface area contributed by atoms with Crippen LogP contribution in [0.4, 0.5) is 0 Å². The van der Waals surface area contributed by atoms with Gasteiger partial charge in [0.05, 0.1) is 5.57 Å². The van der Waals surface area contributed by atoms with E-state index in [0.29, 0.717) is 6.20 Å². The maximum absolute atomic E-state index is 10.0. The van der Waals surface area contributed by atoms with E-state index in [-0.39, 0.29) is 5.57 Å². The molecular weight excluding hydrogens is 174 g/mol. The lowest BCUT2D eigenvalue weighted by atomic mass is 10.3. The van der Waals surface area contributed by atoms with Crippen LogP contribution < -0.4 is 4.72 Å². The van der Waals surface area contributed by atoms with Crippen LogP contribution in [0.25, 0.3) is 0 Å². The highest BCUT2D eigenvalue weighted by Gasteiger charge is 2.02. The first-order valence-corrected chi connectivity index (χ1v) is 3.92. The summed E-state index contributed by atoms with van der Waals surface area (Å²) in [6.45, 7) is 1.18. The molecule has 3 N–H and O–H groups in total. The molecule has 0 saturated carbocycles. The SMILES string of the molecule is CC(=CNS(=O)(=O)O)C(=O)O. The second-order valence-corrected chi connectivity index (χ2v) is 2.91. The average molecular weight is 181 g/mol. The van der Waals surface area contributed by atoms with E-state index in [2.05, 4.69) is 0 Å². The lowest BCUT2D eigenvalue weighted by molar-refractivity contribution is -0.132. The van der Waals surface area contributed by atoms with Crippen LogP contribution in [0.5, 0.6) is 0 Å². The molecule has 0 atom stereocenters. The number of rotatable bonds is 3. The maximum atomic E-state index is 10.0. The van der Waals surface area contributed by atoms with Crippen molar-refractivity contribution in [1.82, 2.24) is 4.72 Å². The van der Waals surface area contributed by atoms with Crippen molar-refractivity contribution >= 4 is 16.3 Å². The van der Waals surface area contributed by atoms with E-state index in [0.717, 1.165) is 0 Å². The van der Waals surface area contributed by atoms with Gasteiger partial charge in [-0.1, -0.05) is 0 Å². The van der Waals surface area contributed by atoms with Gasteiger partial charge in [-0.2, -0.15) is 8.42 Å². The highest BCUT2D eigenvalue weighted by atomic mass is 32.2. The summed E-state index contributed by atoms with van der Waals surface area (Å²) in [4.78, 5) is 10.0. The van der Waals surface area contributed by atoms with Gasteiger partial charge in [0.15, 0.2) is 0 Å². The predicted octanol–water partition coefficient (Wildman–Crippen LogP) is -0.633. The molecule has 0 radical (unpaired) electrons. The Morgan fingerprint density at radius 1 is 1.55 bits per heavy atom. The first-order valence-electron chi connectivity index (χ1n) is 2.48. The first-order chi connectivity index (χ1) is 4.83. The van der Waals surface area contributed by atoms with Crippen molar-refractivity contribution in [2.24, 2.45) is 0 Å². The number of aliphatic carboxylic acids is 1. The van der Waals surface area contributed by atoms with Crippen molar-refractivity contribution in [1.29, 1.82) is 0 Å². The van der Waals surface area contributed by atoms with Crippen LogP contribution in [0.3, 0.4) is 0 Å². The molecule has 0 rings (SSSR count). The molecule has 0 fully saturated rings. The molecule has 0 spiro atoms. The van der Waals surface area contributed by atoms with Gasteiger partial charge < -0.3 is 5.11 Å². The van der Waals surface area contributed by atoms with E-state index in [9.17, 15) is 13.2 Å². The summed E-state index contributed by atoms with van der Waals surface area (Å²) in [5.74, 6) is -1.26. The molecule has 0 aliphatic rings. The topological polar surface area (TPSA) is 104 Å². The highest BCUT2D eigenvalue weighted by Crippen LogP contribution is 1.89. The van der Waals surface area contributed by atoms with Crippen molar-refractivity contribution in [2.75, 3.05) is 0 Å². The molecule has 0 heterocycles. The first kappa shape index (κ1) is 9.92. The van der Waals surface area contributed by atoms with Gasteiger partial charge in [0, 0.05) is 6.20 Å². The van der Waals surface area contributed by atoms with Crippen LogP contribution >= 0.6 is 0 Å². The van der Waals surface area contributed by atoms with Crippen LogP contribution in [0, 0.1) is 0 Å². The largest absolute Gasteiger partial charge is 0.478 e. The Morgan fingerprint density at radius 3 is 2.27 bits per heavy atom. The third-order valence-electron chi connectivity index (χ3n) is 0.762. The maximum Gasteiger partial charge on any atom is 0.357 e. The molecule has 0 amide bonds. The van der Waals surface area contributed by atoms with Crippen LogP contribution in [-0.4, -0.2) is 24.0 Å². The fourth-order valence-corrected chi connectivity index (χ4v) is 0.550. The van der Waals surface area contributed by atoms with Gasteiger partial charge in [-0.3, -0.25) is 9.27 Å². The Kier molecular flexibility index (Phi) is 3.02. The van der Waals surface area contributed by atoms with Gasteiger partial charge in [0.2, 0.25) is 0 Å². The second-order valence-electron chi connectivity index (χ2n) is 1.73. The van der Waals surface area contributed by atoms with Crippen molar-refractivity contribution in [3.05, 3.63) is 11.8 Å². The van der Waals surface area contributed by atoms with Crippen LogP contribution in [0.15, 0.2) is 11.8 Å². The van der Waals surface area contributed by atoms with E-state index in [1.807, 2.05) is 0 Å². The van der Waals surface area contributed by atoms with Gasteiger partial charge in [-0.05, 0) is 6.92 Å². The highest BCUT2D eigenvalue weighted by molar-refractivity contribution is 7.83. The quantitative estimate of drug-likeness (QED) is 0.397. The van der Waals surface area contributed by atoms with E-state index >= 15 is 0 Å². The predicted molar refractivity (Wildman–Crippen MR) is 36.1 cm³/mol. The molecule has 0 aliphatic carbocycles. The summed E-state index contributed by atoms with van der Waals surface area (Å²) in [5, 5.41) is 8.19. The van der Waals surface area contributed by atoms with Crippen molar-refractivity contribution in [3.8, 4) is 0 Å². The molecule has 0 bridgehead atoms. The molecule has 11 heavy (non-hydrogen) atoms. The van der Waals surface area contributed by atoms with Crippen LogP contribution in [-0.2, 0) is 15.1 Å². The Labute approximate surface area is 63.4 Å². The number of hydrogen-bond donors (Lipinski definition) is 3. The van der Waals surface area contributed by atoms with E-state index in [1.54, 1.807) is 0 Å². The number of carboxylic acid groups (broad SMARTS) is 1. The van der Waals surface area contributed by atoms with Crippen molar-refractivity contribution in [3.63, 3.8) is 0 Å². The summed E-state index contributed by atoms with van der Waals surface area (Å²) >= 11 is 0. The molecule has 0 saturated heterocycles. The minimum atomic E-state index is -4.34. The minimum absolute atomic E-state index is 0.220. The number of hydrogen-bond acceptors (Lipinski definition) is 3. The number of nitrogens with one attached hydrogen (secondary N) is 1. The Balaban J connectivity index is 4.27. The lowest BCUT2D eigenvalue weighted by Crippen LogP contribution is -2.17. The van der Waals surface area contributed by atoms with Crippen molar-refractivity contribution in [2.45, 2.75) is 6.92 Å². The van der Waals surface area contributed by atoms with Gasteiger partial charge >= 0.3 is 16.3 Å². The molecule has 0 aromatic heterocycles. The van der Waals surface area contributed by atoms with E-state index in [4.69, 9.17) is 9.66 Å². The summed E-state index contributed by atoms with van der Waals surface area (Å²) in [6, 6.07) is 0. The zero-order chi connectivity index (χ0) is 9.07. The number of carbonyl (C=O) groups is 1. The van der Waals surface area contributed by atoms with Crippen molar-refractivity contribution < 1.29 is 22.9 Å². The van der Waals surface area contributed by atoms with Crippen LogP contribution in [0.1, 0.15) is 6.92 Å². The third-order valence-corrected chi connectivity index (χ3v) is 1.18. The number of carboxylic acids is 1. The summed E-state index contributed by atoms with van der Waals surface area (Å²) in [5.41, 5.74) is -0.220. The molecule has 0 unspecified atom stereocenters. The molecule has 0 aliphatic heterocycles. The molecule has 64 valence electrons. The van der Waals surface area contributed by atoms with Gasteiger partial charge in [-0.15, -0.1) is 0 Å². The molecule has 7 heteroatoms. The minimum Gasteiger partial charge on any atom is -0.478 e. The fourth-order valence-electron chi connectivity index (χ4n) is 0.225. The monoisotopic (exact) mass is 181 g/mol. The molecule has 6 nitrogen and oxygen atoms in total. The summed E-state index contributed by atoms with van der Waals surface area (Å²) < 4.78 is 29.5. The van der Waals surface area contributed by atoms with E-state index < -0.39 is 16.3 Å². The average Bonchev–Trinajstić information content (AvgIpc) is 1.80. The normalized spacial score (nSPS) is 12.7. The Bertz CT molecular complexity index is 277. The van der Waals surface area contributed by atoms with Crippen LogP contribution in [0.2, 0.25) is 0 Å². The van der Waals surface area contributed by atoms with Gasteiger partial charge in [0.25, 0.3) is 0 Å². The fraction of sp³-hybridized carbons (Fsp3) is 0.250. The molecule has 0 aromatic rings. The zero-order valence-electron chi connectivity index (χ0n) is 5.60.